The molecule has 0 atom stereocenters. The third kappa shape index (κ3) is 6.72. The van der Waals surface area contributed by atoms with E-state index in [1.807, 2.05) is 46.1 Å². The summed E-state index contributed by atoms with van der Waals surface area (Å²) in [6, 6.07) is 15.8. The molecule has 0 bridgehead atoms. The molecule has 0 radical (unpaired) electrons. The molecule has 0 unspecified atom stereocenters. The lowest BCUT2D eigenvalue weighted by Crippen LogP contribution is -2.42. The third-order valence-electron chi connectivity index (χ3n) is 6.25. The van der Waals surface area contributed by atoms with Gasteiger partial charge in [-0.15, -0.1) is 0 Å². The van der Waals surface area contributed by atoms with Crippen molar-refractivity contribution in [2.24, 2.45) is 4.99 Å². The average Bonchev–Trinajstić information content (AvgIpc) is 3.24. The number of para-hydroxylation sites is 1. The van der Waals surface area contributed by atoms with Gasteiger partial charge in [-0.2, -0.15) is 5.26 Å². The Kier molecular flexibility index (Phi) is 9.74. The van der Waals surface area contributed by atoms with Gasteiger partial charge in [-0.1, -0.05) is 23.9 Å². The number of amides is 1. The molecule has 38 heavy (non-hydrogen) atoms. The molecule has 2 aromatic rings. The first-order valence-electron chi connectivity index (χ1n) is 12.7. The van der Waals surface area contributed by atoms with Crippen molar-refractivity contribution < 1.29 is 9.53 Å². The normalized spacial score (nSPS) is 18.6. The topological polar surface area (TPSA) is 84.2 Å². The molecule has 1 N–H and O–H groups in total. The highest BCUT2D eigenvalue weighted by Crippen LogP contribution is 2.42. The van der Waals surface area contributed by atoms with Crippen molar-refractivity contribution in [3.8, 4) is 6.07 Å². The van der Waals surface area contributed by atoms with Crippen molar-refractivity contribution in [3.63, 3.8) is 0 Å². The fraction of sp³-hybridized carbons (Fsp3) is 0.393. The van der Waals surface area contributed by atoms with E-state index >= 15 is 0 Å². The molecule has 2 aliphatic rings. The SMILES string of the molecule is CCNc1ccc(C#N)cc1N=C1S/C(=C(/C)Sc2ccccc2N(C)C)C(=O)N1CCN1CCOCC1. The molecule has 2 saturated heterocycles. The number of anilines is 2. The predicted octanol–water partition coefficient (Wildman–Crippen LogP) is 4.97. The molecule has 2 aromatic carbocycles. The summed E-state index contributed by atoms with van der Waals surface area (Å²) in [7, 11) is 4.04. The lowest BCUT2D eigenvalue weighted by atomic mass is 10.2. The third-order valence-corrected chi connectivity index (χ3v) is 8.63. The maximum Gasteiger partial charge on any atom is 0.267 e. The van der Waals surface area contributed by atoms with Crippen LogP contribution in [0.4, 0.5) is 17.1 Å². The van der Waals surface area contributed by atoms with Gasteiger partial charge in [0.1, 0.15) is 0 Å². The maximum atomic E-state index is 13.8. The second-order valence-corrected chi connectivity index (χ2v) is 11.4. The highest BCUT2D eigenvalue weighted by molar-refractivity contribution is 8.19. The quantitative estimate of drug-likeness (QED) is 0.346. The Morgan fingerprint density at radius 2 is 1.97 bits per heavy atom. The number of carbonyl (C=O) groups is 1. The largest absolute Gasteiger partial charge is 0.384 e. The van der Waals surface area contributed by atoms with Gasteiger partial charge >= 0.3 is 0 Å². The molecule has 2 fully saturated rings. The number of ether oxygens (including phenoxy) is 1. The van der Waals surface area contributed by atoms with Crippen LogP contribution in [0.2, 0.25) is 0 Å². The number of nitriles is 1. The number of benzene rings is 2. The van der Waals surface area contributed by atoms with Crippen LogP contribution in [0.1, 0.15) is 19.4 Å². The van der Waals surface area contributed by atoms with Crippen LogP contribution in [0.3, 0.4) is 0 Å². The average molecular weight is 551 g/mol. The zero-order chi connectivity index (χ0) is 27.1. The number of nitrogens with zero attached hydrogens (tertiary/aromatic N) is 5. The second-order valence-electron chi connectivity index (χ2n) is 9.13. The number of hydrogen-bond donors (Lipinski definition) is 1. The molecule has 2 heterocycles. The Balaban J connectivity index is 1.69. The number of aliphatic imine (C=N–C) groups is 1. The number of amidine groups is 1. The second kappa shape index (κ2) is 13.2. The number of carbonyl (C=O) groups excluding carboxylic acids is 1. The Labute approximate surface area is 233 Å². The highest BCUT2D eigenvalue weighted by Gasteiger charge is 2.35. The summed E-state index contributed by atoms with van der Waals surface area (Å²) >= 11 is 3.01. The van der Waals surface area contributed by atoms with Gasteiger partial charge in [0.15, 0.2) is 5.17 Å². The van der Waals surface area contributed by atoms with Crippen LogP contribution >= 0.6 is 23.5 Å². The van der Waals surface area contributed by atoms with Gasteiger partial charge in [0.2, 0.25) is 0 Å². The lowest BCUT2D eigenvalue weighted by molar-refractivity contribution is -0.122. The van der Waals surface area contributed by atoms with Gasteiger partial charge in [-0.05, 0) is 55.9 Å². The zero-order valence-corrected chi connectivity index (χ0v) is 24.0. The molecule has 1 amide bonds. The van der Waals surface area contributed by atoms with E-state index in [0.717, 1.165) is 47.4 Å². The van der Waals surface area contributed by atoms with Gasteiger partial charge in [0, 0.05) is 56.6 Å². The van der Waals surface area contributed by atoms with E-state index in [4.69, 9.17) is 9.73 Å². The molecule has 0 spiro atoms. The minimum absolute atomic E-state index is 0.0317. The Hall–Kier alpha value is -2.97. The fourth-order valence-corrected chi connectivity index (χ4v) is 6.44. The van der Waals surface area contributed by atoms with E-state index in [9.17, 15) is 10.1 Å². The van der Waals surface area contributed by atoms with Crippen molar-refractivity contribution in [1.29, 1.82) is 5.26 Å². The van der Waals surface area contributed by atoms with Crippen LogP contribution in [0.5, 0.6) is 0 Å². The van der Waals surface area contributed by atoms with Gasteiger partial charge < -0.3 is 15.0 Å². The first-order chi connectivity index (χ1) is 18.4. The molecule has 8 nitrogen and oxygen atoms in total. The van der Waals surface area contributed by atoms with Gasteiger partial charge in [-0.25, -0.2) is 4.99 Å². The maximum absolute atomic E-state index is 13.8. The summed E-state index contributed by atoms with van der Waals surface area (Å²) in [5.41, 5.74) is 3.13. The van der Waals surface area contributed by atoms with Crippen LogP contribution in [0.25, 0.3) is 0 Å². The minimum atomic E-state index is -0.0317. The summed E-state index contributed by atoms with van der Waals surface area (Å²) in [6.45, 7) is 9.16. The van der Waals surface area contributed by atoms with E-state index in [0.29, 0.717) is 41.1 Å². The van der Waals surface area contributed by atoms with E-state index < -0.39 is 0 Å². The van der Waals surface area contributed by atoms with Crippen molar-refractivity contribution in [1.82, 2.24) is 9.80 Å². The molecule has 200 valence electrons. The van der Waals surface area contributed by atoms with Crippen LogP contribution in [-0.2, 0) is 9.53 Å². The van der Waals surface area contributed by atoms with Crippen LogP contribution in [0, 0.1) is 11.3 Å². The Morgan fingerprint density at radius 3 is 2.68 bits per heavy atom. The predicted molar refractivity (Wildman–Crippen MR) is 158 cm³/mol. The Morgan fingerprint density at radius 1 is 1.21 bits per heavy atom. The smallest absolute Gasteiger partial charge is 0.267 e. The summed E-state index contributed by atoms with van der Waals surface area (Å²) in [5, 5.41) is 13.4. The number of morpholine rings is 1. The first kappa shape index (κ1) is 28.0. The summed E-state index contributed by atoms with van der Waals surface area (Å²) in [5.74, 6) is -0.0317. The first-order valence-corrected chi connectivity index (χ1v) is 14.4. The zero-order valence-electron chi connectivity index (χ0n) is 22.4. The highest BCUT2D eigenvalue weighted by atomic mass is 32.2. The van der Waals surface area contributed by atoms with Crippen molar-refractivity contribution >= 4 is 51.7 Å². The monoisotopic (exact) mass is 550 g/mol. The molecule has 0 aromatic heterocycles. The van der Waals surface area contributed by atoms with Crippen LogP contribution in [0.15, 0.2) is 62.2 Å². The van der Waals surface area contributed by atoms with Crippen LogP contribution in [-0.4, -0.2) is 80.9 Å². The number of thioether (sulfide) groups is 2. The van der Waals surface area contributed by atoms with Crippen LogP contribution < -0.4 is 10.2 Å². The minimum Gasteiger partial charge on any atom is -0.384 e. The van der Waals surface area contributed by atoms with Gasteiger partial charge in [-0.3, -0.25) is 14.6 Å². The Bertz CT molecular complexity index is 1260. The number of allylic oxidation sites excluding steroid dienone is 1. The summed E-state index contributed by atoms with van der Waals surface area (Å²) < 4.78 is 5.49. The van der Waals surface area contributed by atoms with E-state index in [-0.39, 0.29) is 5.91 Å². The van der Waals surface area contributed by atoms with Crippen molar-refractivity contribution in [2.45, 2.75) is 18.7 Å². The molecule has 2 aliphatic heterocycles. The lowest BCUT2D eigenvalue weighted by Gasteiger charge is -2.28. The molecular weight excluding hydrogens is 516 g/mol. The summed E-state index contributed by atoms with van der Waals surface area (Å²) in [6.07, 6.45) is 0. The van der Waals surface area contributed by atoms with Gasteiger partial charge in [0.05, 0.1) is 46.8 Å². The number of nitrogens with one attached hydrogen (secondary N) is 1. The summed E-state index contributed by atoms with van der Waals surface area (Å²) in [4.78, 5) is 27.6. The van der Waals surface area contributed by atoms with Gasteiger partial charge in [0.25, 0.3) is 5.91 Å². The van der Waals surface area contributed by atoms with Crippen molar-refractivity contribution in [2.75, 3.05) is 70.2 Å². The molecule has 10 heteroatoms. The number of rotatable bonds is 9. The van der Waals surface area contributed by atoms with E-state index in [1.54, 1.807) is 28.8 Å². The molecule has 4 rings (SSSR count). The number of hydrogen-bond acceptors (Lipinski definition) is 9. The van der Waals surface area contributed by atoms with E-state index in [2.05, 4.69) is 33.3 Å². The standard InChI is InChI=1S/C28H34N6O2S2/c1-5-30-22-11-10-21(19-29)18-23(22)31-28-34(13-12-33-14-16-36-17-15-33)27(35)26(38-28)20(2)37-25-9-7-6-8-24(25)32(3)4/h6-11,18,30H,5,12-17H2,1-4H3/b26-20-,31-28?. The molecular formula is C28H34N6O2S2. The molecule has 0 saturated carbocycles. The molecule has 0 aliphatic carbocycles. The van der Waals surface area contributed by atoms with Crippen molar-refractivity contribution in [3.05, 3.63) is 57.8 Å². The fourth-order valence-electron chi connectivity index (χ4n) is 4.23. The van der Waals surface area contributed by atoms with E-state index in [1.165, 1.54) is 11.8 Å².